The van der Waals surface area contributed by atoms with Gasteiger partial charge < -0.3 is 20.5 Å². The lowest BCUT2D eigenvalue weighted by Crippen LogP contribution is -2.45. The molecule has 1 unspecified atom stereocenters. The van der Waals surface area contributed by atoms with E-state index in [1.807, 2.05) is 31.2 Å². The summed E-state index contributed by atoms with van der Waals surface area (Å²) in [6, 6.07) is 14.9. The van der Waals surface area contributed by atoms with Crippen molar-refractivity contribution >= 4 is 18.0 Å². The maximum atomic E-state index is 12.5. The number of fused-ring (bicyclic) bond motifs is 3. The van der Waals surface area contributed by atoms with Crippen molar-refractivity contribution in [3.8, 4) is 11.1 Å². The van der Waals surface area contributed by atoms with E-state index in [-0.39, 0.29) is 24.9 Å². The Bertz CT molecular complexity index is 987. The number of hydrogen-bond acceptors (Lipinski definition) is 4. The predicted molar refractivity (Wildman–Crippen MR) is 124 cm³/mol. The van der Waals surface area contributed by atoms with Gasteiger partial charge >= 0.3 is 12.1 Å². The van der Waals surface area contributed by atoms with Crippen molar-refractivity contribution < 1.29 is 24.2 Å². The summed E-state index contributed by atoms with van der Waals surface area (Å²) in [6.45, 7) is 2.06. The number of nitrogens with one attached hydrogen (secondary N) is 2. The van der Waals surface area contributed by atoms with Gasteiger partial charge in [-0.25, -0.2) is 9.59 Å². The molecule has 0 saturated heterocycles. The van der Waals surface area contributed by atoms with Gasteiger partial charge in [-0.2, -0.15) is 0 Å². The fraction of sp³-hybridized carbons (Fsp3) is 0.423. The maximum absolute atomic E-state index is 12.5. The molecule has 174 valence electrons. The molecule has 33 heavy (non-hydrogen) atoms. The van der Waals surface area contributed by atoms with Crippen LogP contribution in [0.25, 0.3) is 11.1 Å². The Kier molecular flexibility index (Phi) is 6.96. The highest BCUT2D eigenvalue weighted by molar-refractivity contribution is 5.84. The molecule has 3 N–H and O–H groups in total. The summed E-state index contributed by atoms with van der Waals surface area (Å²) in [7, 11) is 0. The Morgan fingerprint density at radius 3 is 2.15 bits per heavy atom. The van der Waals surface area contributed by atoms with Gasteiger partial charge in [0, 0.05) is 18.4 Å². The summed E-state index contributed by atoms with van der Waals surface area (Å²) < 4.78 is 5.56. The normalized spacial score (nSPS) is 16.3. The number of hydrogen-bond donors (Lipinski definition) is 3. The summed E-state index contributed by atoms with van der Waals surface area (Å²) in [5.74, 6) is -1.06. The Balaban J connectivity index is 1.30. The topological polar surface area (TPSA) is 105 Å². The van der Waals surface area contributed by atoms with Gasteiger partial charge in [0.05, 0.1) is 0 Å². The predicted octanol–water partition coefficient (Wildman–Crippen LogP) is 4.06. The third kappa shape index (κ3) is 5.53. The Morgan fingerprint density at radius 1 is 1.00 bits per heavy atom. The Labute approximate surface area is 193 Å². The van der Waals surface area contributed by atoms with E-state index in [9.17, 15) is 19.5 Å². The van der Waals surface area contributed by atoms with Crippen LogP contribution in [0.5, 0.6) is 0 Å². The zero-order chi connectivity index (χ0) is 23.4. The fourth-order valence-electron chi connectivity index (χ4n) is 4.49. The van der Waals surface area contributed by atoms with Gasteiger partial charge in [-0.1, -0.05) is 68.3 Å². The molecule has 2 aliphatic rings. The lowest BCUT2D eigenvalue weighted by molar-refractivity contribution is -0.142. The van der Waals surface area contributed by atoms with Crippen LogP contribution in [0.15, 0.2) is 48.5 Å². The van der Waals surface area contributed by atoms with Gasteiger partial charge in [0.25, 0.3) is 0 Å². The third-order valence-electron chi connectivity index (χ3n) is 6.49. The van der Waals surface area contributed by atoms with Gasteiger partial charge in [0.1, 0.15) is 12.6 Å². The van der Waals surface area contributed by atoms with E-state index < -0.39 is 24.1 Å². The second-order valence-electron chi connectivity index (χ2n) is 8.92. The maximum Gasteiger partial charge on any atom is 0.407 e. The number of aliphatic carboxylic acids is 1. The fourth-order valence-corrected chi connectivity index (χ4v) is 4.49. The number of rotatable bonds is 10. The quantitative estimate of drug-likeness (QED) is 0.506. The summed E-state index contributed by atoms with van der Waals surface area (Å²) in [6.07, 6.45) is 2.44. The average Bonchev–Trinajstić information content (AvgIpc) is 3.57. The van der Waals surface area contributed by atoms with Crippen molar-refractivity contribution in [2.75, 3.05) is 6.61 Å². The van der Waals surface area contributed by atoms with Crippen LogP contribution in [-0.4, -0.2) is 41.8 Å². The first-order valence-corrected chi connectivity index (χ1v) is 11.6. The van der Waals surface area contributed by atoms with E-state index in [0.29, 0.717) is 18.8 Å². The molecule has 4 rings (SSSR count). The molecule has 0 heterocycles. The monoisotopic (exact) mass is 450 g/mol. The van der Waals surface area contributed by atoms with Crippen molar-refractivity contribution in [1.82, 2.24) is 10.6 Å². The molecular weight excluding hydrogens is 420 g/mol. The number of benzene rings is 2. The number of carboxylic acids is 1. The van der Waals surface area contributed by atoms with Crippen LogP contribution in [0.1, 0.15) is 56.1 Å². The molecule has 0 spiro atoms. The minimum atomic E-state index is -1.02. The average molecular weight is 451 g/mol. The minimum Gasteiger partial charge on any atom is -0.480 e. The molecule has 1 saturated carbocycles. The van der Waals surface area contributed by atoms with Crippen molar-refractivity contribution in [3.63, 3.8) is 0 Å². The number of carbonyl (C=O) groups excluding carboxylic acids is 2. The molecule has 0 bridgehead atoms. The van der Waals surface area contributed by atoms with E-state index in [4.69, 9.17) is 4.74 Å². The number of amides is 2. The lowest BCUT2D eigenvalue weighted by Gasteiger charge is -2.20. The first-order chi connectivity index (χ1) is 16.0. The molecular formula is C26H30N2O5. The van der Waals surface area contributed by atoms with Crippen LogP contribution < -0.4 is 10.6 Å². The van der Waals surface area contributed by atoms with Crippen molar-refractivity contribution in [2.45, 2.75) is 57.0 Å². The highest BCUT2D eigenvalue weighted by Gasteiger charge is 2.31. The van der Waals surface area contributed by atoms with E-state index in [1.165, 1.54) is 0 Å². The molecule has 0 radical (unpaired) electrons. The first kappa shape index (κ1) is 22.8. The molecule has 2 aromatic carbocycles. The Hall–Kier alpha value is -3.35. The van der Waals surface area contributed by atoms with Gasteiger partial charge in [-0.3, -0.25) is 4.79 Å². The molecule has 2 atom stereocenters. The first-order valence-electron chi connectivity index (χ1n) is 11.6. The van der Waals surface area contributed by atoms with Crippen LogP contribution in [0.2, 0.25) is 0 Å². The highest BCUT2D eigenvalue weighted by Crippen LogP contribution is 2.44. The second-order valence-corrected chi connectivity index (χ2v) is 8.92. The molecule has 2 aliphatic carbocycles. The molecule has 7 nitrogen and oxygen atoms in total. The summed E-state index contributed by atoms with van der Waals surface area (Å²) in [4.78, 5) is 36.3. The highest BCUT2D eigenvalue weighted by atomic mass is 16.5. The van der Waals surface area contributed by atoms with Gasteiger partial charge in [0.2, 0.25) is 5.91 Å². The van der Waals surface area contributed by atoms with Crippen LogP contribution >= 0.6 is 0 Å². The standard InChI is InChI=1S/C26H30N2O5/c1-2-17(14-24(29)28-23(25(30)31)13-16-11-12-16)27-26(32)33-15-22-20-9-5-3-7-18(20)19-8-4-6-10-21(19)22/h3-10,16-17,22-23H,2,11-15H2,1H3,(H,27,32)(H,28,29)(H,30,31)/t17-,23?/m1/s1. The SMILES string of the molecule is CC[C@H](CC(=O)NC(CC1CC1)C(=O)O)NC(=O)OCC1c2ccccc2-c2ccccc21. The molecule has 2 aromatic rings. The van der Waals surface area contributed by atoms with Gasteiger partial charge in [-0.05, 0) is 41.0 Å². The molecule has 7 heteroatoms. The molecule has 0 aromatic heterocycles. The van der Waals surface area contributed by atoms with Crippen LogP contribution in [0.4, 0.5) is 4.79 Å². The summed E-state index contributed by atoms with van der Waals surface area (Å²) in [5.41, 5.74) is 4.58. The zero-order valence-corrected chi connectivity index (χ0v) is 18.8. The van der Waals surface area contributed by atoms with E-state index >= 15 is 0 Å². The number of ether oxygens (including phenoxy) is 1. The Morgan fingerprint density at radius 2 is 1.61 bits per heavy atom. The zero-order valence-electron chi connectivity index (χ0n) is 18.8. The summed E-state index contributed by atoms with van der Waals surface area (Å²) >= 11 is 0. The van der Waals surface area contributed by atoms with E-state index in [0.717, 1.165) is 35.1 Å². The van der Waals surface area contributed by atoms with E-state index in [2.05, 4.69) is 34.9 Å². The lowest BCUT2D eigenvalue weighted by atomic mass is 9.98. The molecule has 0 aliphatic heterocycles. The minimum absolute atomic E-state index is 0.00907. The number of alkyl carbamates (subject to hydrolysis) is 1. The van der Waals surface area contributed by atoms with Crippen molar-refractivity contribution in [3.05, 3.63) is 59.7 Å². The number of carbonyl (C=O) groups is 3. The van der Waals surface area contributed by atoms with Gasteiger partial charge in [-0.15, -0.1) is 0 Å². The summed E-state index contributed by atoms with van der Waals surface area (Å²) in [5, 5.41) is 14.7. The van der Waals surface area contributed by atoms with Crippen molar-refractivity contribution in [2.24, 2.45) is 5.92 Å². The molecule has 2 amide bonds. The largest absolute Gasteiger partial charge is 0.480 e. The van der Waals surface area contributed by atoms with Gasteiger partial charge in [0.15, 0.2) is 0 Å². The van der Waals surface area contributed by atoms with Crippen LogP contribution in [0.3, 0.4) is 0 Å². The van der Waals surface area contributed by atoms with Crippen LogP contribution in [0, 0.1) is 5.92 Å². The second kappa shape index (κ2) is 10.1. The van der Waals surface area contributed by atoms with E-state index in [1.54, 1.807) is 0 Å². The molecule has 1 fully saturated rings. The number of carboxylic acid groups (broad SMARTS) is 1. The van der Waals surface area contributed by atoms with Crippen molar-refractivity contribution in [1.29, 1.82) is 0 Å². The third-order valence-corrected chi connectivity index (χ3v) is 6.49. The van der Waals surface area contributed by atoms with Crippen LogP contribution in [-0.2, 0) is 14.3 Å². The smallest absolute Gasteiger partial charge is 0.407 e.